The van der Waals surface area contributed by atoms with Crippen molar-refractivity contribution in [3.63, 3.8) is 0 Å². The molecule has 0 amide bonds. The van der Waals surface area contributed by atoms with E-state index in [1.165, 1.54) is 5.57 Å². The largest absolute Gasteiger partial charge is 0.378 e. The lowest BCUT2D eigenvalue weighted by atomic mass is 10.3. The minimum Gasteiger partial charge on any atom is -0.378 e. The summed E-state index contributed by atoms with van der Waals surface area (Å²) < 4.78 is 9.24. The smallest absolute Gasteiger partial charge is 0.0706 e. The molecule has 2 nitrogen and oxygen atoms in total. The molecule has 0 aromatic carbocycles. The Morgan fingerprint density at radius 3 is 2.85 bits per heavy atom. The van der Waals surface area contributed by atoms with Crippen LogP contribution in [0.3, 0.4) is 0 Å². The predicted molar refractivity (Wildman–Crippen MR) is 64.3 cm³/mol. The highest BCUT2D eigenvalue weighted by atomic mass is 127. The molecular weight excluding hydrogens is 277 g/mol. The van der Waals surface area contributed by atoms with Gasteiger partial charge in [-0.3, -0.25) is 0 Å². The molecule has 1 fully saturated rings. The molecule has 2 aliphatic heterocycles. The van der Waals surface area contributed by atoms with Crippen LogP contribution in [0.5, 0.6) is 0 Å². The van der Waals surface area contributed by atoms with E-state index in [1.54, 1.807) is 3.70 Å². The third-order valence-corrected chi connectivity index (χ3v) is 4.51. The van der Waals surface area contributed by atoms with Gasteiger partial charge in [0, 0.05) is 13.1 Å². The van der Waals surface area contributed by atoms with Crippen molar-refractivity contribution in [2.45, 2.75) is 6.92 Å². The van der Waals surface area contributed by atoms with Gasteiger partial charge in [0.25, 0.3) is 0 Å². The highest BCUT2D eigenvalue weighted by molar-refractivity contribution is 14.2. The van der Waals surface area contributed by atoms with Gasteiger partial charge in [0.15, 0.2) is 0 Å². The zero-order valence-corrected chi connectivity index (χ0v) is 9.95. The van der Waals surface area contributed by atoms with Crippen molar-refractivity contribution in [3.8, 4) is 0 Å². The van der Waals surface area contributed by atoms with Gasteiger partial charge in [0.05, 0.1) is 16.9 Å². The second-order valence-corrected chi connectivity index (χ2v) is 5.66. The standard InChI is InChI=1S/C10H14INO/c1-9-2-3-11-10(8-9)12-4-6-13-7-5-12/h2-3,8H,4-7H2,1H3. The summed E-state index contributed by atoms with van der Waals surface area (Å²) in [6.07, 6.45) is 4.57. The molecule has 0 spiro atoms. The van der Waals surface area contributed by atoms with E-state index < -0.39 is 0 Å². The summed E-state index contributed by atoms with van der Waals surface area (Å²) in [6.45, 7) is 6.10. The van der Waals surface area contributed by atoms with Crippen LogP contribution in [0, 0.1) is 0 Å². The molecule has 0 aromatic heterocycles. The number of morpholine rings is 1. The minimum atomic E-state index is 0.127. The van der Waals surface area contributed by atoms with Crippen molar-refractivity contribution in [2.75, 3.05) is 26.3 Å². The van der Waals surface area contributed by atoms with Gasteiger partial charge in [-0.15, -0.1) is 0 Å². The molecule has 1 saturated heterocycles. The van der Waals surface area contributed by atoms with E-state index in [9.17, 15) is 0 Å². The Balaban J connectivity index is 2.08. The second kappa shape index (κ2) is 4.37. The molecule has 0 bridgehead atoms. The van der Waals surface area contributed by atoms with Gasteiger partial charge in [0.1, 0.15) is 0 Å². The molecule has 0 atom stereocenters. The highest BCUT2D eigenvalue weighted by Crippen LogP contribution is 2.24. The minimum absolute atomic E-state index is 0.127. The van der Waals surface area contributed by atoms with Crippen LogP contribution in [0.25, 0.3) is 0 Å². The van der Waals surface area contributed by atoms with Crippen LogP contribution < -0.4 is 0 Å². The van der Waals surface area contributed by atoms with Crippen LogP contribution in [0.15, 0.2) is 21.4 Å². The Morgan fingerprint density at radius 1 is 1.38 bits per heavy atom. The monoisotopic (exact) mass is 291 g/mol. The zero-order valence-electron chi connectivity index (χ0n) is 7.79. The lowest BCUT2D eigenvalue weighted by molar-refractivity contribution is 0.0585. The maximum atomic E-state index is 5.34. The fourth-order valence-corrected chi connectivity index (χ4v) is 4.06. The van der Waals surface area contributed by atoms with Crippen LogP contribution in [-0.4, -0.2) is 35.2 Å². The van der Waals surface area contributed by atoms with Crippen molar-refractivity contribution in [2.24, 2.45) is 0 Å². The van der Waals surface area contributed by atoms with E-state index in [1.807, 2.05) is 0 Å². The number of ether oxygens (including phenoxy) is 1. The lowest BCUT2D eigenvalue weighted by Gasteiger charge is -2.29. The van der Waals surface area contributed by atoms with Gasteiger partial charge in [-0.2, -0.15) is 0 Å². The van der Waals surface area contributed by atoms with Gasteiger partial charge in [-0.1, -0.05) is 26.8 Å². The van der Waals surface area contributed by atoms with E-state index >= 15 is 0 Å². The summed E-state index contributed by atoms with van der Waals surface area (Å²) in [5, 5.41) is 0. The molecule has 2 rings (SSSR count). The van der Waals surface area contributed by atoms with E-state index in [2.05, 4.69) is 28.0 Å². The van der Waals surface area contributed by atoms with Crippen LogP contribution in [0.2, 0.25) is 0 Å². The zero-order chi connectivity index (χ0) is 9.10. The van der Waals surface area contributed by atoms with Crippen LogP contribution in [-0.2, 0) is 4.74 Å². The summed E-state index contributed by atoms with van der Waals surface area (Å²) in [6, 6.07) is 0. The third kappa shape index (κ3) is 2.40. The molecule has 0 N–H and O–H groups in total. The summed E-state index contributed by atoms with van der Waals surface area (Å²) in [4.78, 5) is 2.48. The Bertz CT molecular complexity index is 275. The maximum Gasteiger partial charge on any atom is 0.0706 e. The topological polar surface area (TPSA) is 12.5 Å². The van der Waals surface area contributed by atoms with Crippen LogP contribution in [0.4, 0.5) is 0 Å². The normalized spacial score (nSPS) is 23.3. The van der Waals surface area contributed by atoms with Gasteiger partial charge >= 0.3 is 0 Å². The van der Waals surface area contributed by atoms with Crippen molar-refractivity contribution in [1.29, 1.82) is 0 Å². The fraction of sp³-hybridized carbons (Fsp3) is 0.500. The number of hydrogen-bond acceptors (Lipinski definition) is 2. The lowest BCUT2D eigenvalue weighted by Crippen LogP contribution is -2.34. The molecule has 0 aliphatic carbocycles. The number of rotatable bonds is 1. The van der Waals surface area contributed by atoms with Gasteiger partial charge < -0.3 is 9.64 Å². The SMILES string of the molecule is CC1=CC=IC(N2CCOCC2)=C1. The maximum absolute atomic E-state index is 5.34. The number of halogens is 1. The summed E-state index contributed by atoms with van der Waals surface area (Å²) in [5.74, 6) is 0. The molecule has 0 radical (unpaired) electrons. The molecular formula is C10H14INO. The second-order valence-electron chi connectivity index (χ2n) is 3.21. The number of nitrogens with zero attached hydrogens (tertiary/aromatic N) is 1. The van der Waals surface area contributed by atoms with E-state index in [4.69, 9.17) is 4.74 Å². The first-order valence-electron chi connectivity index (χ1n) is 4.54. The summed E-state index contributed by atoms with van der Waals surface area (Å²) in [7, 11) is 0. The quantitative estimate of drug-likeness (QED) is 0.540. The van der Waals surface area contributed by atoms with Crippen LogP contribution in [0.1, 0.15) is 6.92 Å². The Hall–Kier alpha value is -0.160. The number of allylic oxidation sites excluding steroid dienone is 3. The van der Waals surface area contributed by atoms with Crippen molar-refractivity contribution < 1.29 is 4.74 Å². The molecule has 13 heavy (non-hydrogen) atoms. The van der Waals surface area contributed by atoms with E-state index in [0.29, 0.717) is 0 Å². The Labute approximate surface area is 89.0 Å². The van der Waals surface area contributed by atoms with E-state index in [0.717, 1.165) is 26.3 Å². The molecule has 3 heteroatoms. The predicted octanol–water partition coefficient (Wildman–Crippen LogP) is 1.89. The molecule has 0 saturated carbocycles. The molecule has 2 heterocycles. The van der Waals surface area contributed by atoms with E-state index in [-0.39, 0.29) is 20.7 Å². The van der Waals surface area contributed by atoms with Gasteiger partial charge in [-0.05, 0) is 22.6 Å². The van der Waals surface area contributed by atoms with Gasteiger partial charge in [-0.25, -0.2) is 0 Å². The average molecular weight is 291 g/mol. The molecule has 0 aromatic rings. The summed E-state index contributed by atoms with van der Waals surface area (Å²) >= 11 is 0.127. The first kappa shape index (κ1) is 9.40. The average Bonchev–Trinajstić information content (AvgIpc) is 2.19. The first-order chi connectivity index (χ1) is 6.36. The fourth-order valence-electron chi connectivity index (χ4n) is 1.40. The molecule has 2 aliphatic rings. The first-order valence-corrected chi connectivity index (χ1v) is 6.86. The van der Waals surface area contributed by atoms with Crippen molar-refractivity contribution in [1.82, 2.24) is 4.90 Å². The number of hydrogen-bond donors (Lipinski definition) is 0. The van der Waals surface area contributed by atoms with Crippen molar-refractivity contribution >= 4 is 24.7 Å². The summed E-state index contributed by atoms with van der Waals surface area (Å²) in [5.41, 5.74) is 1.38. The third-order valence-electron chi connectivity index (χ3n) is 2.16. The Kier molecular flexibility index (Phi) is 3.16. The van der Waals surface area contributed by atoms with Crippen LogP contribution >= 0.6 is 20.7 Å². The highest BCUT2D eigenvalue weighted by Gasteiger charge is 2.12. The molecule has 72 valence electrons. The molecule has 0 unspecified atom stereocenters. The Morgan fingerprint density at radius 2 is 2.15 bits per heavy atom. The van der Waals surface area contributed by atoms with Gasteiger partial charge in [0.2, 0.25) is 0 Å². The van der Waals surface area contributed by atoms with Crippen molar-refractivity contribution in [3.05, 3.63) is 21.4 Å².